The van der Waals surface area contributed by atoms with Crippen molar-refractivity contribution in [2.75, 3.05) is 51.3 Å². The van der Waals surface area contributed by atoms with E-state index < -0.39 is 0 Å². The number of carbonyl (C=O) groups is 1. The molecule has 1 atom stereocenters. The lowest BCUT2D eigenvalue weighted by molar-refractivity contribution is -0.136. The number of benzene rings is 1. The standard InChI is InChI=1S/C29H34N8O2/c1-4-6-24(38)37-17-29(18-37)10-12-36(16-29)27-21(13-30)26(25-19(2)8-9-23-22(25)14-31-34-23)32-28(33-27)39-15-20-7-5-11-35(20)3/h4,6,8-9,14,20H,5,7,10-12,15-18H2,1-3H3,(H,31,34)/b6-4+/t20-/m0/s1. The fraction of sp³-hybridized carbons (Fsp3) is 0.483. The van der Waals surface area contributed by atoms with Gasteiger partial charge in [0.2, 0.25) is 5.91 Å². The van der Waals surface area contributed by atoms with E-state index in [9.17, 15) is 10.1 Å². The molecule has 1 amide bonds. The molecule has 2 aromatic heterocycles. The molecule has 6 rings (SSSR count). The van der Waals surface area contributed by atoms with Crippen LogP contribution in [0.1, 0.15) is 37.3 Å². The molecule has 1 aromatic carbocycles. The lowest BCUT2D eigenvalue weighted by atomic mass is 9.79. The Hall–Kier alpha value is -3.97. The number of hydrogen-bond donors (Lipinski definition) is 1. The molecule has 0 saturated carbocycles. The van der Waals surface area contributed by atoms with Crippen molar-refractivity contribution in [1.29, 1.82) is 5.26 Å². The number of aryl methyl sites for hydroxylation is 1. The summed E-state index contributed by atoms with van der Waals surface area (Å²) in [5.74, 6) is 0.659. The molecule has 39 heavy (non-hydrogen) atoms. The molecule has 0 aliphatic carbocycles. The average molecular weight is 527 g/mol. The average Bonchev–Trinajstić information content (AvgIpc) is 3.66. The van der Waals surface area contributed by atoms with Crippen LogP contribution in [0.3, 0.4) is 0 Å². The van der Waals surface area contributed by atoms with Gasteiger partial charge in [-0.05, 0) is 64.4 Å². The SMILES string of the molecule is C/C=C/C(=O)N1CC2(CCN(c3nc(OC[C@@H]4CCCN4C)nc(-c4c(C)ccc5[nH]ncc45)c3C#N)C2)C1. The van der Waals surface area contributed by atoms with Crippen molar-refractivity contribution in [3.05, 3.63) is 41.6 Å². The minimum atomic E-state index is 0.0170. The third-order valence-corrected chi connectivity index (χ3v) is 8.54. The number of H-pyrrole nitrogens is 1. The molecule has 3 fully saturated rings. The maximum Gasteiger partial charge on any atom is 0.319 e. The third kappa shape index (κ3) is 4.51. The normalized spacial score (nSPS) is 20.7. The first-order valence-electron chi connectivity index (χ1n) is 13.7. The molecule has 1 N–H and O–H groups in total. The molecule has 0 radical (unpaired) electrons. The van der Waals surface area contributed by atoms with Crippen LogP contribution in [0, 0.1) is 23.7 Å². The van der Waals surface area contributed by atoms with Crippen LogP contribution in [0.2, 0.25) is 0 Å². The molecule has 10 heteroatoms. The first-order chi connectivity index (χ1) is 18.9. The Kier molecular flexibility index (Phi) is 6.47. The first-order valence-corrected chi connectivity index (χ1v) is 13.7. The van der Waals surface area contributed by atoms with Crippen LogP contribution in [0.25, 0.3) is 22.2 Å². The van der Waals surface area contributed by atoms with Crippen molar-refractivity contribution in [2.24, 2.45) is 5.41 Å². The predicted molar refractivity (Wildman–Crippen MR) is 148 cm³/mol. The van der Waals surface area contributed by atoms with E-state index in [0.717, 1.165) is 74.0 Å². The molecular formula is C29H34N8O2. The van der Waals surface area contributed by atoms with Crippen LogP contribution < -0.4 is 9.64 Å². The summed E-state index contributed by atoms with van der Waals surface area (Å²) in [6.07, 6.45) is 8.36. The molecule has 0 bridgehead atoms. The largest absolute Gasteiger partial charge is 0.462 e. The number of nitrogens with one attached hydrogen (secondary N) is 1. The number of likely N-dealkylation sites (N-methyl/N-ethyl adjacent to an activating group) is 1. The van der Waals surface area contributed by atoms with Crippen LogP contribution >= 0.6 is 0 Å². The Morgan fingerprint density at radius 1 is 1.28 bits per heavy atom. The van der Waals surface area contributed by atoms with Gasteiger partial charge in [-0.15, -0.1) is 0 Å². The topological polar surface area (TPSA) is 114 Å². The van der Waals surface area contributed by atoms with Crippen LogP contribution in [0.4, 0.5) is 5.82 Å². The number of aromatic amines is 1. The van der Waals surface area contributed by atoms with Gasteiger partial charge in [0.05, 0.1) is 17.4 Å². The maximum atomic E-state index is 12.3. The highest BCUT2D eigenvalue weighted by atomic mass is 16.5. The highest BCUT2D eigenvalue weighted by molar-refractivity contribution is 5.97. The molecule has 3 saturated heterocycles. The molecule has 10 nitrogen and oxygen atoms in total. The van der Waals surface area contributed by atoms with E-state index in [4.69, 9.17) is 14.7 Å². The van der Waals surface area contributed by atoms with E-state index in [1.165, 1.54) is 0 Å². The summed E-state index contributed by atoms with van der Waals surface area (Å²) >= 11 is 0. The van der Waals surface area contributed by atoms with E-state index in [-0.39, 0.29) is 11.3 Å². The maximum absolute atomic E-state index is 12.3. The number of carbonyl (C=O) groups excluding carboxylic acids is 1. The zero-order valence-electron chi connectivity index (χ0n) is 22.8. The van der Waals surface area contributed by atoms with Crippen molar-refractivity contribution < 1.29 is 9.53 Å². The second-order valence-corrected chi connectivity index (χ2v) is 11.2. The lowest BCUT2D eigenvalue weighted by Crippen LogP contribution is -2.59. The Balaban J connectivity index is 1.37. The molecule has 1 spiro atoms. The van der Waals surface area contributed by atoms with Gasteiger partial charge in [0.15, 0.2) is 5.82 Å². The highest BCUT2D eigenvalue weighted by Crippen LogP contribution is 2.43. The zero-order chi connectivity index (χ0) is 27.1. The molecule has 3 aromatic rings. The Morgan fingerprint density at radius 2 is 2.13 bits per heavy atom. The van der Waals surface area contributed by atoms with Crippen molar-refractivity contribution in [1.82, 2.24) is 30.0 Å². The Morgan fingerprint density at radius 3 is 2.87 bits per heavy atom. The second-order valence-electron chi connectivity index (χ2n) is 11.2. The number of fused-ring (bicyclic) bond motifs is 1. The molecule has 202 valence electrons. The van der Waals surface area contributed by atoms with Gasteiger partial charge in [-0.2, -0.15) is 20.3 Å². The molecular weight excluding hydrogens is 492 g/mol. The highest BCUT2D eigenvalue weighted by Gasteiger charge is 2.49. The molecule has 0 unspecified atom stereocenters. The quantitative estimate of drug-likeness (QED) is 0.487. The van der Waals surface area contributed by atoms with Crippen molar-refractivity contribution in [2.45, 2.75) is 39.2 Å². The summed E-state index contributed by atoms with van der Waals surface area (Å²) in [5.41, 5.74) is 3.78. The van der Waals surface area contributed by atoms with E-state index in [2.05, 4.69) is 33.1 Å². The lowest BCUT2D eigenvalue weighted by Gasteiger charge is -2.47. The number of nitrogens with zero attached hydrogens (tertiary/aromatic N) is 7. The predicted octanol–water partition coefficient (Wildman–Crippen LogP) is 3.29. The zero-order valence-corrected chi connectivity index (χ0v) is 22.8. The summed E-state index contributed by atoms with van der Waals surface area (Å²) in [4.78, 5) is 28.4. The Bertz CT molecular complexity index is 1480. The fourth-order valence-electron chi connectivity index (χ4n) is 6.35. The van der Waals surface area contributed by atoms with E-state index in [0.29, 0.717) is 35.7 Å². The number of aromatic nitrogens is 4. The summed E-state index contributed by atoms with van der Waals surface area (Å²) in [7, 11) is 2.12. The summed E-state index contributed by atoms with van der Waals surface area (Å²) in [6, 6.07) is 7.04. The van der Waals surface area contributed by atoms with Gasteiger partial charge in [0.1, 0.15) is 18.2 Å². The molecule has 3 aliphatic heterocycles. The van der Waals surface area contributed by atoms with Crippen molar-refractivity contribution in [3.8, 4) is 23.3 Å². The van der Waals surface area contributed by atoms with Crippen molar-refractivity contribution >= 4 is 22.6 Å². The number of rotatable bonds is 6. The van der Waals surface area contributed by atoms with Gasteiger partial charge in [0, 0.05) is 48.6 Å². The van der Waals surface area contributed by atoms with Gasteiger partial charge < -0.3 is 19.4 Å². The second kappa shape index (κ2) is 9.97. The first kappa shape index (κ1) is 25.3. The number of ether oxygens (including phenoxy) is 1. The summed E-state index contributed by atoms with van der Waals surface area (Å²) in [5, 5.41) is 18.6. The number of likely N-dealkylation sites (tertiary alicyclic amines) is 2. The summed E-state index contributed by atoms with van der Waals surface area (Å²) in [6.45, 7) is 8.37. The minimum Gasteiger partial charge on any atom is -0.462 e. The van der Waals surface area contributed by atoms with Crippen LogP contribution in [-0.2, 0) is 4.79 Å². The smallest absolute Gasteiger partial charge is 0.319 e. The molecule has 5 heterocycles. The van der Waals surface area contributed by atoms with Crippen LogP contribution in [-0.4, -0.2) is 88.3 Å². The van der Waals surface area contributed by atoms with Gasteiger partial charge in [-0.1, -0.05) is 12.1 Å². The van der Waals surface area contributed by atoms with Gasteiger partial charge in [-0.25, -0.2) is 0 Å². The van der Waals surface area contributed by atoms with E-state index in [1.807, 2.05) is 30.9 Å². The fourth-order valence-corrected chi connectivity index (χ4v) is 6.35. The van der Waals surface area contributed by atoms with E-state index >= 15 is 0 Å². The summed E-state index contributed by atoms with van der Waals surface area (Å²) < 4.78 is 6.24. The molecule has 3 aliphatic rings. The van der Waals surface area contributed by atoms with Crippen LogP contribution in [0.15, 0.2) is 30.5 Å². The monoisotopic (exact) mass is 526 g/mol. The Labute approximate surface area is 228 Å². The van der Waals surface area contributed by atoms with Crippen molar-refractivity contribution in [3.63, 3.8) is 0 Å². The number of hydrogen-bond acceptors (Lipinski definition) is 8. The third-order valence-electron chi connectivity index (χ3n) is 8.54. The number of amides is 1. The number of allylic oxidation sites excluding steroid dienone is 1. The van der Waals surface area contributed by atoms with Gasteiger partial charge in [-0.3, -0.25) is 9.89 Å². The van der Waals surface area contributed by atoms with E-state index in [1.54, 1.807) is 18.3 Å². The van der Waals surface area contributed by atoms with Crippen LogP contribution in [0.5, 0.6) is 6.01 Å². The number of nitriles is 1. The number of anilines is 1. The minimum absolute atomic E-state index is 0.0170. The van der Waals surface area contributed by atoms with Gasteiger partial charge in [0.25, 0.3) is 0 Å². The van der Waals surface area contributed by atoms with Gasteiger partial charge >= 0.3 is 6.01 Å².